The predicted molar refractivity (Wildman–Crippen MR) is 92.6 cm³/mol. The Morgan fingerprint density at radius 2 is 2.04 bits per heavy atom. The van der Waals surface area contributed by atoms with E-state index >= 15 is 0 Å². The third-order valence-corrected chi connectivity index (χ3v) is 4.36. The standard InChI is InChI=1S/C16H13Cl2N3O3/c17-9-1-2-11(18)13(7-9)21-6-4-10(16(21)24)15(23)20-12-8-19-5-3-14(12)22/h1-3,5,7-8,10H,4,6H2,(H,19,22)(H,20,23)/t10-/m0/s1. The number of anilines is 2. The topological polar surface area (TPSA) is 82.3 Å². The maximum Gasteiger partial charge on any atom is 0.239 e. The summed E-state index contributed by atoms with van der Waals surface area (Å²) >= 11 is 12.1. The highest BCUT2D eigenvalue weighted by atomic mass is 35.5. The van der Waals surface area contributed by atoms with Crippen molar-refractivity contribution in [3.8, 4) is 0 Å². The number of hydrogen-bond donors (Lipinski definition) is 2. The minimum absolute atomic E-state index is 0.106. The molecular weight excluding hydrogens is 353 g/mol. The second-order valence-electron chi connectivity index (χ2n) is 5.34. The fourth-order valence-electron chi connectivity index (χ4n) is 2.59. The zero-order valence-corrected chi connectivity index (χ0v) is 13.9. The summed E-state index contributed by atoms with van der Waals surface area (Å²) in [6.07, 6.45) is 3.17. The van der Waals surface area contributed by atoms with Crippen molar-refractivity contribution in [1.29, 1.82) is 0 Å². The molecule has 2 heterocycles. The molecule has 0 bridgehead atoms. The minimum Gasteiger partial charge on any atom is -0.366 e. The van der Waals surface area contributed by atoms with Crippen LogP contribution in [0, 0.1) is 5.92 Å². The summed E-state index contributed by atoms with van der Waals surface area (Å²) in [5.41, 5.74) is 0.249. The van der Waals surface area contributed by atoms with E-state index in [1.165, 1.54) is 23.4 Å². The molecule has 1 atom stereocenters. The van der Waals surface area contributed by atoms with Crippen LogP contribution < -0.4 is 15.6 Å². The van der Waals surface area contributed by atoms with E-state index < -0.39 is 11.8 Å². The quantitative estimate of drug-likeness (QED) is 0.820. The van der Waals surface area contributed by atoms with Gasteiger partial charge < -0.3 is 15.2 Å². The van der Waals surface area contributed by atoms with Gasteiger partial charge in [-0.1, -0.05) is 23.2 Å². The molecule has 1 aliphatic heterocycles. The van der Waals surface area contributed by atoms with Crippen LogP contribution in [0.15, 0.2) is 41.5 Å². The van der Waals surface area contributed by atoms with Gasteiger partial charge in [0, 0.05) is 30.0 Å². The number of hydrogen-bond acceptors (Lipinski definition) is 3. The van der Waals surface area contributed by atoms with Gasteiger partial charge in [0.2, 0.25) is 17.2 Å². The Balaban J connectivity index is 1.79. The zero-order chi connectivity index (χ0) is 17.3. The maximum atomic E-state index is 12.6. The van der Waals surface area contributed by atoms with Crippen LogP contribution in [0.3, 0.4) is 0 Å². The first-order valence-electron chi connectivity index (χ1n) is 7.22. The Kier molecular flexibility index (Phi) is 4.59. The first-order chi connectivity index (χ1) is 11.5. The van der Waals surface area contributed by atoms with Crippen molar-refractivity contribution in [1.82, 2.24) is 4.98 Å². The second kappa shape index (κ2) is 6.67. The smallest absolute Gasteiger partial charge is 0.239 e. The summed E-state index contributed by atoms with van der Waals surface area (Å²) in [6.45, 7) is 0.349. The summed E-state index contributed by atoms with van der Waals surface area (Å²) in [6, 6.07) is 6.11. The molecule has 0 radical (unpaired) electrons. The first kappa shape index (κ1) is 16.5. The fourth-order valence-corrected chi connectivity index (χ4v) is 2.97. The van der Waals surface area contributed by atoms with E-state index in [1.54, 1.807) is 18.2 Å². The number of carbonyl (C=O) groups is 2. The Hall–Kier alpha value is -2.31. The Morgan fingerprint density at radius 3 is 2.79 bits per heavy atom. The van der Waals surface area contributed by atoms with Crippen LogP contribution in [-0.4, -0.2) is 23.3 Å². The van der Waals surface area contributed by atoms with Gasteiger partial charge in [-0.05, 0) is 24.6 Å². The highest BCUT2D eigenvalue weighted by molar-refractivity contribution is 6.36. The van der Waals surface area contributed by atoms with Gasteiger partial charge in [0.1, 0.15) is 11.6 Å². The molecule has 0 spiro atoms. The maximum absolute atomic E-state index is 12.6. The number of H-pyrrole nitrogens is 1. The Labute approximate surface area is 147 Å². The lowest BCUT2D eigenvalue weighted by atomic mass is 10.1. The van der Waals surface area contributed by atoms with Crippen molar-refractivity contribution in [2.24, 2.45) is 5.92 Å². The van der Waals surface area contributed by atoms with Crippen molar-refractivity contribution >= 4 is 46.4 Å². The monoisotopic (exact) mass is 365 g/mol. The van der Waals surface area contributed by atoms with E-state index in [-0.39, 0.29) is 17.0 Å². The SMILES string of the molecule is O=C(Nc1c[nH]ccc1=O)[C@@H]1CCN(c2cc(Cl)ccc2Cl)C1=O. The highest BCUT2D eigenvalue weighted by Gasteiger charge is 2.38. The lowest BCUT2D eigenvalue weighted by Gasteiger charge is -2.18. The Morgan fingerprint density at radius 1 is 1.25 bits per heavy atom. The molecule has 0 aliphatic carbocycles. The van der Waals surface area contributed by atoms with Crippen LogP contribution >= 0.6 is 23.2 Å². The lowest BCUT2D eigenvalue weighted by Crippen LogP contribution is -2.34. The molecule has 2 N–H and O–H groups in total. The van der Waals surface area contributed by atoms with Gasteiger partial charge in [-0.25, -0.2) is 0 Å². The van der Waals surface area contributed by atoms with E-state index in [9.17, 15) is 14.4 Å². The molecule has 0 saturated carbocycles. The molecule has 1 fully saturated rings. The van der Waals surface area contributed by atoms with Crippen molar-refractivity contribution < 1.29 is 9.59 Å². The highest BCUT2D eigenvalue weighted by Crippen LogP contribution is 2.33. The molecule has 2 aromatic rings. The van der Waals surface area contributed by atoms with E-state index in [2.05, 4.69) is 10.3 Å². The first-order valence-corrected chi connectivity index (χ1v) is 7.97. The van der Waals surface area contributed by atoms with E-state index in [0.29, 0.717) is 28.7 Å². The van der Waals surface area contributed by atoms with E-state index in [0.717, 1.165) is 0 Å². The van der Waals surface area contributed by atoms with Crippen LogP contribution in [0.4, 0.5) is 11.4 Å². The molecule has 24 heavy (non-hydrogen) atoms. The number of nitrogens with zero attached hydrogens (tertiary/aromatic N) is 1. The second-order valence-corrected chi connectivity index (χ2v) is 6.18. The molecule has 1 saturated heterocycles. The van der Waals surface area contributed by atoms with Gasteiger partial charge >= 0.3 is 0 Å². The molecule has 1 aromatic heterocycles. The molecule has 1 aliphatic rings. The molecule has 3 rings (SSSR count). The van der Waals surface area contributed by atoms with Crippen molar-refractivity contribution in [3.05, 3.63) is 56.9 Å². The van der Waals surface area contributed by atoms with Crippen molar-refractivity contribution in [3.63, 3.8) is 0 Å². The predicted octanol–water partition coefficient (Wildman–Crippen LogP) is 2.67. The summed E-state index contributed by atoms with van der Waals surface area (Å²) in [4.78, 5) is 40.7. The van der Waals surface area contributed by atoms with Crippen LogP contribution in [0.5, 0.6) is 0 Å². The summed E-state index contributed by atoms with van der Waals surface area (Å²) in [5, 5.41) is 3.32. The number of carbonyl (C=O) groups excluding carboxylic acids is 2. The van der Waals surface area contributed by atoms with Gasteiger partial charge in [0.25, 0.3) is 0 Å². The third-order valence-electron chi connectivity index (χ3n) is 3.80. The number of amides is 2. The number of nitrogens with one attached hydrogen (secondary N) is 2. The number of benzene rings is 1. The number of halogens is 2. The molecule has 8 heteroatoms. The van der Waals surface area contributed by atoms with E-state index in [1.807, 2.05) is 0 Å². The number of rotatable bonds is 3. The lowest BCUT2D eigenvalue weighted by molar-refractivity contribution is -0.129. The molecule has 2 amide bonds. The van der Waals surface area contributed by atoms with Crippen LogP contribution in [0.25, 0.3) is 0 Å². The van der Waals surface area contributed by atoms with Crippen LogP contribution in [0.2, 0.25) is 10.0 Å². The molecular formula is C16H13Cl2N3O3. The molecule has 0 unspecified atom stereocenters. The average Bonchev–Trinajstić information content (AvgIpc) is 2.93. The average molecular weight is 366 g/mol. The third kappa shape index (κ3) is 3.16. The summed E-state index contributed by atoms with van der Waals surface area (Å²) in [5.74, 6) is -1.76. The van der Waals surface area contributed by atoms with Gasteiger partial charge in [-0.3, -0.25) is 14.4 Å². The molecule has 1 aromatic carbocycles. The fraction of sp³-hybridized carbons (Fsp3) is 0.188. The Bertz CT molecular complexity index is 866. The number of aromatic nitrogens is 1. The largest absolute Gasteiger partial charge is 0.366 e. The number of aromatic amines is 1. The van der Waals surface area contributed by atoms with Crippen molar-refractivity contribution in [2.45, 2.75) is 6.42 Å². The van der Waals surface area contributed by atoms with E-state index in [4.69, 9.17) is 23.2 Å². The van der Waals surface area contributed by atoms with Crippen molar-refractivity contribution in [2.75, 3.05) is 16.8 Å². The van der Waals surface area contributed by atoms with Gasteiger partial charge in [0.15, 0.2) is 0 Å². The molecule has 6 nitrogen and oxygen atoms in total. The minimum atomic E-state index is -0.875. The van der Waals surface area contributed by atoms with Gasteiger partial charge in [-0.2, -0.15) is 0 Å². The van der Waals surface area contributed by atoms with Crippen LogP contribution in [0.1, 0.15) is 6.42 Å². The van der Waals surface area contributed by atoms with Crippen LogP contribution in [-0.2, 0) is 9.59 Å². The molecule has 124 valence electrons. The number of pyridine rings is 1. The normalized spacial score (nSPS) is 17.2. The zero-order valence-electron chi connectivity index (χ0n) is 12.4. The van der Waals surface area contributed by atoms with Gasteiger partial charge in [-0.15, -0.1) is 0 Å². The summed E-state index contributed by atoms with van der Waals surface area (Å²) in [7, 11) is 0. The summed E-state index contributed by atoms with van der Waals surface area (Å²) < 4.78 is 0. The van der Waals surface area contributed by atoms with Gasteiger partial charge in [0.05, 0.1) is 10.7 Å².